The first-order valence-corrected chi connectivity index (χ1v) is 6.74. The SMILES string of the molecule is CC1=NN(c2nc(N)nc(Cn3ccnc3)n2)C(C)(C)C1. The van der Waals surface area contributed by atoms with E-state index in [2.05, 4.69) is 38.9 Å². The van der Waals surface area contributed by atoms with E-state index >= 15 is 0 Å². The second kappa shape index (κ2) is 4.80. The van der Waals surface area contributed by atoms with Crippen LogP contribution in [0.3, 0.4) is 0 Å². The zero-order chi connectivity index (χ0) is 15.0. The van der Waals surface area contributed by atoms with Gasteiger partial charge in [-0.3, -0.25) is 0 Å². The van der Waals surface area contributed by atoms with Gasteiger partial charge in [0, 0.05) is 24.5 Å². The first-order chi connectivity index (χ1) is 9.94. The number of hydrogen-bond acceptors (Lipinski definition) is 7. The minimum absolute atomic E-state index is 0.163. The summed E-state index contributed by atoms with van der Waals surface area (Å²) in [4.78, 5) is 16.9. The highest BCUT2D eigenvalue weighted by Crippen LogP contribution is 2.30. The molecule has 0 fully saturated rings. The van der Waals surface area contributed by atoms with Gasteiger partial charge in [-0.15, -0.1) is 0 Å². The summed E-state index contributed by atoms with van der Waals surface area (Å²) in [7, 11) is 0. The minimum Gasteiger partial charge on any atom is -0.368 e. The summed E-state index contributed by atoms with van der Waals surface area (Å²) < 4.78 is 1.88. The van der Waals surface area contributed by atoms with Gasteiger partial charge in [0.15, 0.2) is 5.82 Å². The average molecular weight is 286 g/mol. The summed E-state index contributed by atoms with van der Waals surface area (Å²) in [6.07, 6.45) is 6.14. The van der Waals surface area contributed by atoms with Crippen LogP contribution in [0.1, 0.15) is 33.0 Å². The number of hydrogen-bond donors (Lipinski definition) is 1. The molecule has 0 aliphatic carbocycles. The number of nitrogens with zero attached hydrogens (tertiary/aromatic N) is 7. The molecule has 2 N–H and O–H groups in total. The van der Waals surface area contributed by atoms with Crippen LogP contribution in [0.15, 0.2) is 23.8 Å². The summed E-state index contributed by atoms with van der Waals surface area (Å²) in [5.41, 5.74) is 6.71. The molecule has 1 aliphatic rings. The highest BCUT2D eigenvalue weighted by molar-refractivity contribution is 5.86. The van der Waals surface area contributed by atoms with Gasteiger partial charge in [0.2, 0.25) is 5.95 Å². The lowest BCUT2D eigenvalue weighted by Crippen LogP contribution is -2.38. The molecule has 0 saturated heterocycles. The molecular formula is C13H18N8. The van der Waals surface area contributed by atoms with Crippen molar-refractivity contribution in [1.29, 1.82) is 0 Å². The van der Waals surface area contributed by atoms with Gasteiger partial charge in [-0.1, -0.05) is 0 Å². The van der Waals surface area contributed by atoms with Crippen LogP contribution >= 0.6 is 0 Å². The monoisotopic (exact) mass is 286 g/mol. The zero-order valence-electron chi connectivity index (χ0n) is 12.4. The molecule has 0 amide bonds. The molecule has 2 aromatic rings. The fourth-order valence-corrected chi connectivity index (χ4v) is 2.49. The molecule has 0 atom stereocenters. The van der Waals surface area contributed by atoms with E-state index in [4.69, 9.17) is 5.73 Å². The number of rotatable bonds is 3. The lowest BCUT2D eigenvalue weighted by molar-refractivity contribution is 0.504. The second-order valence-electron chi connectivity index (χ2n) is 5.78. The van der Waals surface area contributed by atoms with Crippen LogP contribution in [-0.2, 0) is 6.54 Å². The van der Waals surface area contributed by atoms with Crippen molar-refractivity contribution in [3.05, 3.63) is 24.5 Å². The van der Waals surface area contributed by atoms with E-state index in [0.717, 1.165) is 12.1 Å². The number of aromatic nitrogens is 5. The average Bonchev–Trinajstić information content (AvgIpc) is 2.95. The Kier molecular flexibility index (Phi) is 3.08. The summed E-state index contributed by atoms with van der Waals surface area (Å²) in [6, 6.07) is 0. The molecule has 8 nitrogen and oxygen atoms in total. The molecule has 3 rings (SSSR count). The highest BCUT2D eigenvalue weighted by atomic mass is 15.6. The molecular weight excluding hydrogens is 268 g/mol. The Hall–Kier alpha value is -2.51. The Morgan fingerprint density at radius 1 is 1.29 bits per heavy atom. The lowest BCUT2D eigenvalue weighted by atomic mass is 9.99. The van der Waals surface area contributed by atoms with Gasteiger partial charge in [-0.2, -0.15) is 20.1 Å². The van der Waals surface area contributed by atoms with Crippen LogP contribution in [0.4, 0.5) is 11.9 Å². The van der Waals surface area contributed by atoms with Crippen LogP contribution in [0.5, 0.6) is 0 Å². The van der Waals surface area contributed by atoms with Gasteiger partial charge >= 0.3 is 0 Å². The molecule has 110 valence electrons. The van der Waals surface area contributed by atoms with Crippen LogP contribution in [0.25, 0.3) is 0 Å². The maximum absolute atomic E-state index is 5.82. The molecule has 0 radical (unpaired) electrons. The van der Waals surface area contributed by atoms with Crippen molar-refractivity contribution in [2.75, 3.05) is 10.7 Å². The van der Waals surface area contributed by atoms with Gasteiger partial charge in [0.25, 0.3) is 5.95 Å². The van der Waals surface area contributed by atoms with E-state index in [0.29, 0.717) is 18.3 Å². The van der Waals surface area contributed by atoms with Crippen molar-refractivity contribution in [3.8, 4) is 0 Å². The molecule has 0 aromatic carbocycles. The summed E-state index contributed by atoms with van der Waals surface area (Å²) >= 11 is 0. The molecule has 8 heteroatoms. The molecule has 0 bridgehead atoms. The zero-order valence-corrected chi connectivity index (χ0v) is 12.4. The predicted octanol–water partition coefficient (Wildman–Crippen LogP) is 1.06. The normalized spacial score (nSPS) is 17.1. The molecule has 0 unspecified atom stereocenters. The Balaban J connectivity index is 1.94. The van der Waals surface area contributed by atoms with E-state index in [9.17, 15) is 0 Å². The molecule has 3 heterocycles. The third-order valence-electron chi connectivity index (χ3n) is 3.29. The number of hydrazone groups is 1. The number of nitrogen functional groups attached to an aromatic ring is 1. The van der Waals surface area contributed by atoms with Gasteiger partial charge in [0.05, 0.1) is 18.4 Å². The summed E-state index contributed by atoms with van der Waals surface area (Å²) in [5, 5.41) is 6.33. The van der Waals surface area contributed by atoms with Crippen molar-refractivity contribution in [1.82, 2.24) is 24.5 Å². The molecule has 21 heavy (non-hydrogen) atoms. The first kappa shape index (κ1) is 13.5. The Morgan fingerprint density at radius 2 is 2.10 bits per heavy atom. The minimum atomic E-state index is -0.163. The van der Waals surface area contributed by atoms with E-state index < -0.39 is 0 Å². The molecule has 1 aliphatic heterocycles. The van der Waals surface area contributed by atoms with Crippen LogP contribution in [0.2, 0.25) is 0 Å². The van der Waals surface area contributed by atoms with Crippen LogP contribution in [0, 0.1) is 0 Å². The largest absolute Gasteiger partial charge is 0.368 e. The molecule has 2 aromatic heterocycles. The standard InChI is InChI=1S/C13H18N8/c1-9-6-13(2,3)21(19-9)12-17-10(16-11(14)18-12)7-20-5-4-15-8-20/h4-5,8H,6-7H2,1-3H3,(H2,14,16,17,18). The Bertz CT molecular complexity index is 673. The fraction of sp³-hybridized carbons (Fsp3) is 0.462. The third-order valence-corrected chi connectivity index (χ3v) is 3.29. The predicted molar refractivity (Wildman–Crippen MR) is 79.9 cm³/mol. The number of imidazole rings is 1. The van der Waals surface area contributed by atoms with E-state index in [1.54, 1.807) is 12.5 Å². The van der Waals surface area contributed by atoms with E-state index in [1.807, 2.05) is 22.7 Å². The Morgan fingerprint density at radius 3 is 2.71 bits per heavy atom. The number of anilines is 2. The Labute approximate surface area is 122 Å². The first-order valence-electron chi connectivity index (χ1n) is 6.74. The van der Waals surface area contributed by atoms with Crippen molar-refractivity contribution in [2.24, 2.45) is 5.10 Å². The summed E-state index contributed by atoms with van der Waals surface area (Å²) in [6.45, 7) is 6.69. The van der Waals surface area contributed by atoms with Gasteiger partial charge in [-0.25, -0.2) is 9.99 Å². The van der Waals surface area contributed by atoms with Crippen molar-refractivity contribution < 1.29 is 0 Å². The van der Waals surface area contributed by atoms with Gasteiger partial charge in [-0.05, 0) is 20.8 Å². The highest BCUT2D eigenvalue weighted by Gasteiger charge is 2.35. The van der Waals surface area contributed by atoms with Gasteiger partial charge in [0.1, 0.15) is 0 Å². The van der Waals surface area contributed by atoms with Crippen LogP contribution in [-0.4, -0.2) is 35.8 Å². The van der Waals surface area contributed by atoms with Crippen molar-refractivity contribution in [2.45, 2.75) is 39.3 Å². The van der Waals surface area contributed by atoms with Crippen LogP contribution < -0.4 is 10.7 Å². The van der Waals surface area contributed by atoms with Crippen molar-refractivity contribution in [3.63, 3.8) is 0 Å². The molecule has 0 saturated carbocycles. The topological polar surface area (TPSA) is 98.1 Å². The maximum Gasteiger partial charge on any atom is 0.251 e. The van der Waals surface area contributed by atoms with Crippen molar-refractivity contribution >= 4 is 17.6 Å². The number of nitrogens with two attached hydrogens (primary N) is 1. The maximum atomic E-state index is 5.82. The fourth-order valence-electron chi connectivity index (χ4n) is 2.49. The molecule has 0 spiro atoms. The third kappa shape index (κ3) is 2.69. The van der Waals surface area contributed by atoms with Gasteiger partial charge < -0.3 is 10.3 Å². The van der Waals surface area contributed by atoms with E-state index in [-0.39, 0.29) is 11.5 Å². The smallest absolute Gasteiger partial charge is 0.251 e. The van der Waals surface area contributed by atoms with E-state index in [1.165, 1.54) is 0 Å². The summed E-state index contributed by atoms with van der Waals surface area (Å²) in [5.74, 6) is 1.27. The quantitative estimate of drug-likeness (QED) is 0.906. The lowest BCUT2D eigenvalue weighted by Gasteiger charge is -2.28. The second-order valence-corrected chi connectivity index (χ2v) is 5.78.